The minimum atomic E-state index is -2.49. The van der Waals surface area contributed by atoms with Crippen molar-refractivity contribution in [2.75, 3.05) is 0 Å². The number of nitrogens with one attached hydrogen (secondary N) is 1. The SMILES string of the molecule is O=[SH](=O)[NH][Co]. The van der Waals surface area contributed by atoms with E-state index in [-0.39, 0.29) is 0 Å². The van der Waals surface area contributed by atoms with Gasteiger partial charge in [0.2, 0.25) is 0 Å². The molecule has 0 aromatic rings. The van der Waals surface area contributed by atoms with Crippen LogP contribution in [-0.4, -0.2) is 8.42 Å². The van der Waals surface area contributed by atoms with Gasteiger partial charge < -0.3 is 0 Å². The van der Waals surface area contributed by atoms with Crippen LogP contribution in [0.15, 0.2) is 0 Å². The maximum atomic E-state index is 9.22. The third kappa shape index (κ3) is 4.42. The van der Waals surface area contributed by atoms with Crippen LogP contribution in [0.2, 0.25) is 0 Å². The Hall–Kier alpha value is 0.416. The molecular weight excluding hydrogens is 137 g/mol. The molecule has 0 aliphatic rings. The van der Waals surface area contributed by atoms with Crippen molar-refractivity contribution in [3.63, 3.8) is 0 Å². The van der Waals surface area contributed by atoms with E-state index in [4.69, 9.17) is 0 Å². The molecule has 0 heterocycles. The number of thiol groups is 1. The van der Waals surface area contributed by atoms with E-state index in [2.05, 4.69) is 16.0 Å². The molecule has 0 saturated heterocycles. The monoisotopic (exact) mass is 139 g/mol. The summed E-state index contributed by atoms with van der Waals surface area (Å²) in [6, 6.07) is 0. The van der Waals surface area contributed by atoms with Gasteiger partial charge in [-0.1, -0.05) is 0 Å². The summed E-state index contributed by atoms with van der Waals surface area (Å²) in [5.41, 5.74) is 0. The summed E-state index contributed by atoms with van der Waals surface area (Å²) in [4.78, 5) is 0. The first-order valence-electron chi connectivity index (χ1n) is 0.755. The van der Waals surface area contributed by atoms with Crippen molar-refractivity contribution in [1.82, 2.24) is 3.77 Å². The van der Waals surface area contributed by atoms with Crippen LogP contribution >= 0.6 is 0 Å². The second kappa shape index (κ2) is 2.64. The van der Waals surface area contributed by atoms with Crippen molar-refractivity contribution in [2.24, 2.45) is 0 Å². The third-order valence-electron chi connectivity index (χ3n) is 0.0609. The van der Waals surface area contributed by atoms with E-state index in [1.54, 1.807) is 3.77 Å². The first-order valence-corrected chi connectivity index (χ1v) is 2.45. The Morgan fingerprint density at radius 2 is 1.80 bits per heavy atom. The fourth-order valence-electron chi connectivity index (χ4n) is 0. The molecule has 0 saturated carbocycles. The summed E-state index contributed by atoms with van der Waals surface area (Å²) in [6.07, 6.45) is 0. The summed E-state index contributed by atoms with van der Waals surface area (Å²) < 4.78 is 20.1. The fraction of sp³-hybridized carbons (Fsp3) is 0. The molecule has 0 atom stereocenters. The molecule has 3 nitrogen and oxygen atoms in total. The molecule has 0 spiro atoms. The van der Waals surface area contributed by atoms with Crippen LogP contribution in [0.4, 0.5) is 0 Å². The van der Waals surface area contributed by atoms with Crippen LogP contribution in [0, 0.1) is 0 Å². The van der Waals surface area contributed by atoms with Crippen LogP contribution in [0.1, 0.15) is 0 Å². The summed E-state index contributed by atoms with van der Waals surface area (Å²) in [5, 5.41) is 0. The molecule has 0 unspecified atom stereocenters. The summed E-state index contributed by atoms with van der Waals surface area (Å²) >= 11 is 3.21. The van der Waals surface area contributed by atoms with E-state index in [1.807, 2.05) is 0 Å². The van der Waals surface area contributed by atoms with Gasteiger partial charge >= 0.3 is 39.0 Å². The minimum absolute atomic E-state index is 1.67. The summed E-state index contributed by atoms with van der Waals surface area (Å²) in [6.45, 7) is 0. The first kappa shape index (κ1) is 5.42. The number of hydrogen-bond donors (Lipinski definition) is 2. The van der Waals surface area contributed by atoms with Gasteiger partial charge in [0, 0.05) is 0 Å². The van der Waals surface area contributed by atoms with E-state index in [0.29, 0.717) is 0 Å². The Labute approximate surface area is 39.6 Å². The van der Waals surface area contributed by atoms with Gasteiger partial charge in [-0.3, -0.25) is 0 Å². The fourth-order valence-corrected chi connectivity index (χ4v) is 0. The van der Waals surface area contributed by atoms with Crippen molar-refractivity contribution in [3.05, 3.63) is 0 Å². The van der Waals surface area contributed by atoms with Crippen molar-refractivity contribution >= 4 is 10.9 Å². The molecule has 0 aromatic heterocycles. The van der Waals surface area contributed by atoms with Gasteiger partial charge in [-0.25, -0.2) is 0 Å². The van der Waals surface area contributed by atoms with Crippen LogP contribution in [0.5, 0.6) is 0 Å². The van der Waals surface area contributed by atoms with E-state index in [9.17, 15) is 8.42 Å². The molecular formula is H2CoNO2S. The van der Waals surface area contributed by atoms with E-state index >= 15 is 0 Å². The van der Waals surface area contributed by atoms with Crippen molar-refractivity contribution < 1.29 is 24.4 Å². The quantitative estimate of drug-likeness (QED) is 0.437. The van der Waals surface area contributed by atoms with Crippen molar-refractivity contribution in [1.29, 1.82) is 0 Å². The Kier molecular flexibility index (Phi) is 2.86. The predicted octanol–water partition coefficient (Wildman–Crippen LogP) is -1.44. The molecule has 0 aliphatic carbocycles. The molecule has 0 bridgehead atoms. The van der Waals surface area contributed by atoms with Gasteiger partial charge in [-0.05, 0) is 0 Å². The Bertz CT molecular complexity index is 67.7. The van der Waals surface area contributed by atoms with E-state index in [1.165, 1.54) is 0 Å². The standard InChI is InChI=1S/Co.H2NO2S/c;1-4(2)3/h;4H,(H-,1,2,3)/q+1;-1. The van der Waals surface area contributed by atoms with Gasteiger partial charge in [0.25, 0.3) is 0 Å². The molecule has 34 valence electrons. The maximum absolute atomic E-state index is 9.22. The summed E-state index contributed by atoms with van der Waals surface area (Å²) in [7, 11) is -2.49. The summed E-state index contributed by atoms with van der Waals surface area (Å²) in [5.74, 6) is 0. The molecule has 0 radical (unpaired) electrons. The molecule has 0 aromatic carbocycles. The van der Waals surface area contributed by atoms with E-state index < -0.39 is 10.9 Å². The molecule has 0 amide bonds. The molecule has 0 aliphatic heterocycles. The second-order valence-electron chi connectivity index (χ2n) is 0.332. The zero-order chi connectivity index (χ0) is 4.28. The topological polar surface area (TPSA) is 46.2 Å². The molecule has 5 heteroatoms. The third-order valence-corrected chi connectivity index (χ3v) is 0.753. The normalized spacial score (nSPS) is 9.40. The molecule has 0 fully saturated rings. The Morgan fingerprint density at radius 1 is 1.60 bits per heavy atom. The number of hydrogen-bond acceptors (Lipinski definition) is 2. The number of rotatable bonds is 1. The van der Waals surface area contributed by atoms with Crippen LogP contribution in [0.3, 0.4) is 0 Å². The van der Waals surface area contributed by atoms with Gasteiger partial charge in [-0.2, -0.15) is 0 Å². The molecule has 1 N–H and O–H groups in total. The Morgan fingerprint density at radius 3 is 1.80 bits per heavy atom. The average molecular weight is 139 g/mol. The van der Waals surface area contributed by atoms with Crippen LogP contribution in [-0.2, 0) is 26.8 Å². The first-order chi connectivity index (χ1) is 2.27. The van der Waals surface area contributed by atoms with Crippen LogP contribution < -0.4 is 3.77 Å². The van der Waals surface area contributed by atoms with Crippen molar-refractivity contribution in [3.8, 4) is 0 Å². The predicted molar refractivity (Wildman–Crippen MR) is 13.5 cm³/mol. The van der Waals surface area contributed by atoms with Gasteiger partial charge in [0.05, 0.1) is 0 Å². The van der Waals surface area contributed by atoms with E-state index in [0.717, 1.165) is 0 Å². The zero-order valence-electron chi connectivity index (χ0n) is 2.10. The second-order valence-corrected chi connectivity index (χ2v) is 1.69. The van der Waals surface area contributed by atoms with Gasteiger partial charge in [0.1, 0.15) is 0 Å². The average Bonchev–Trinajstić information content (AvgIpc) is 1.38. The molecule has 5 heavy (non-hydrogen) atoms. The van der Waals surface area contributed by atoms with Crippen LogP contribution in [0.25, 0.3) is 0 Å². The Balaban J connectivity index is 3.23. The van der Waals surface area contributed by atoms with Gasteiger partial charge in [0.15, 0.2) is 0 Å². The van der Waals surface area contributed by atoms with Crippen molar-refractivity contribution in [2.45, 2.75) is 0 Å². The van der Waals surface area contributed by atoms with Gasteiger partial charge in [-0.15, -0.1) is 0 Å². The zero-order valence-corrected chi connectivity index (χ0v) is 4.03. The molecule has 0 rings (SSSR count).